The van der Waals surface area contributed by atoms with Gasteiger partial charge in [-0.05, 0) is 87.8 Å². The van der Waals surface area contributed by atoms with Crippen LogP contribution in [0.25, 0.3) is 0 Å². The highest BCUT2D eigenvalue weighted by Crippen LogP contribution is 2.44. The van der Waals surface area contributed by atoms with Crippen molar-refractivity contribution >= 4 is 5.97 Å². The molecule has 1 aromatic rings. The third-order valence-electron chi connectivity index (χ3n) is 7.87. The minimum absolute atomic E-state index is 0.0712. The van der Waals surface area contributed by atoms with E-state index in [0.717, 1.165) is 66.4 Å². The smallest absolute Gasteiger partial charge is 0.300 e. The van der Waals surface area contributed by atoms with E-state index in [2.05, 4.69) is 41.5 Å². The normalized spacial score (nSPS) is 18.8. The molecule has 0 aliphatic carbocycles. The summed E-state index contributed by atoms with van der Waals surface area (Å²) >= 11 is 0. The summed E-state index contributed by atoms with van der Waals surface area (Å²) in [6.45, 7) is 19.0. The number of carboxylic acids is 1. The first-order valence-corrected chi connectivity index (χ1v) is 14.0. The number of phenols is 1. The molecular weight excluding hydrogens is 436 g/mol. The van der Waals surface area contributed by atoms with Crippen LogP contribution in [0.1, 0.15) is 128 Å². The zero-order chi connectivity index (χ0) is 26.8. The van der Waals surface area contributed by atoms with Gasteiger partial charge in [0.15, 0.2) is 0 Å². The van der Waals surface area contributed by atoms with E-state index in [0.29, 0.717) is 5.75 Å². The molecule has 0 saturated heterocycles. The van der Waals surface area contributed by atoms with Gasteiger partial charge in [-0.15, -0.1) is 0 Å². The summed E-state index contributed by atoms with van der Waals surface area (Å²) in [4.78, 5) is 9.00. The first kappa shape index (κ1) is 31.3. The highest BCUT2D eigenvalue weighted by molar-refractivity contribution is 5.63. The second-order valence-corrected chi connectivity index (χ2v) is 12.0. The maximum Gasteiger partial charge on any atom is 0.300 e. The lowest BCUT2D eigenvalue weighted by molar-refractivity contribution is -0.134. The molecular formula is C31H54O4. The Morgan fingerprint density at radius 2 is 1.37 bits per heavy atom. The van der Waals surface area contributed by atoms with E-state index in [4.69, 9.17) is 14.6 Å². The van der Waals surface area contributed by atoms with E-state index in [1.807, 2.05) is 13.8 Å². The number of phenolic OH excluding ortho intramolecular Hbond substituents is 1. The maximum absolute atomic E-state index is 10.4. The van der Waals surface area contributed by atoms with Crippen molar-refractivity contribution in [1.29, 1.82) is 0 Å². The molecule has 0 spiro atoms. The first-order valence-electron chi connectivity index (χ1n) is 14.0. The van der Waals surface area contributed by atoms with Crippen molar-refractivity contribution in [1.82, 2.24) is 0 Å². The molecule has 0 fully saturated rings. The molecule has 0 saturated carbocycles. The molecule has 3 unspecified atom stereocenters. The average molecular weight is 491 g/mol. The molecule has 1 heterocycles. The lowest BCUT2D eigenvalue weighted by Crippen LogP contribution is -2.37. The van der Waals surface area contributed by atoms with Crippen molar-refractivity contribution in [2.24, 2.45) is 17.8 Å². The molecule has 1 aliphatic rings. The second kappa shape index (κ2) is 14.8. The van der Waals surface area contributed by atoms with Crippen LogP contribution < -0.4 is 4.74 Å². The predicted octanol–water partition coefficient (Wildman–Crippen LogP) is 8.93. The number of hydrogen-bond donors (Lipinski definition) is 2. The van der Waals surface area contributed by atoms with Gasteiger partial charge in [0.2, 0.25) is 0 Å². The number of hydrogen-bond acceptors (Lipinski definition) is 3. The van der Waals surface area contributed by atoms with Crippen LogP contribution in [0.5, 0.6) is 11.5 Å². The summed E-state index contributed by atoms with van der Waals surface area (Å²) in [7, 11) is 0. The summed E-state index contributed by atoms with van der Waals surface area (Å²) in [6, 6.07) is 0. The summed E-state index contributed by atoms with van der Waals surface area (Å²) in [5, 5.41) is 17.8. The van der Waals surface area contributed by atoms with E-state index in [1.165, 1.54) is 56.9 Å². The van der Waals surface area contributed by atoms with Gasteiger partial charge in [-0.1, -0.05) is 72.6 Å². The van der Waals surface area contributed by atoms with E-state index in [9.17, 15) is 5.11 Å². The number of benzene rings is 1. The van der Waals surface area contributed by atoms with Gasteiger partial charge in [0, 0.05) is 12.5 Å². The zero-order valence-corrected chi connectivity index (χ0v) is 24.2. The lowest BCUT2D eigenvalue weighted by atomic mass is 9.84. The summed E-state index contributed by atoms with van der Waals surface area (Å²) < 4.78 is 6.60. The zero-order valence-electron chi connectivity index (χ0n) is 24.2. The molecule has 2 rings (SSSR count). The van der Waals surface area contributed by atoms with Gasteiger partial charge in [0.1, 0.15) is 17.1 Å². The summed E-state index contributed by atoms with van der Waals surface area (Å²) in [5.74, 6) is 3.20. The quantitative estimate of drug-likeness (QED) is 0.307. The van der Waals surface area contributed by atoms with Gasteiger partial charge in [-0.3, -0.25) is 4.79 Å². The highest BCUT2D eigenvalue weighted by atomic mass is 16.5. The molecule has 2 N–H and O–H groups in total. The van der Waals surface area contributed by atoms with Crippen LogP contribution in [-0.2, 0) is 11.2 Å². The number of fused-ring (bicyclic) bond motifs is 1. The Balaban J connectivity index is 0.00000142. The monoisotopic (exact) mass is 490 g/mol. The standard InChI is InChI=1S/C29H50O2.C2H4O2/c1-20(2)12-9-13-21(3)14-10-15-22(4)16-11-18-29(8)19-17-26-25(7)27(30)23(5)24(6)28(26)31-29;1-2(3)4/h20-22,30H,9-19H2,1-8H3;1H3,(H,3,4). The molecule has 0 radical (unpaired) electrons. The van der Waals surface area contributed by atoms with Crippen LogP contribution in [-0.4, -0.2) is 21.8 Å². The summed E-state index contributed by atoms with van der Waals surface area (Å²) in [6.07, 6.45) is 14.1. The fourth-order valence-corrected chi connectivity index (χ4v) is 5.27. The van der Waals surface area contributed by atoms with Crippen LogP contribution in [0.15, 0.2) is 0 Å². The van der Waals surface area contributed by atoms with Crippen LogP contribution >= 0.6 is 0 Å². The Bertz CT molecular complexity index is 794. The van der Waals surface area contributed by atoms with Crippen molar-refractivity contribution in [3.8, 4) is 11.5 Å². The van der Waals surface area contributed by atoms with Gasteiger partial charge in [0.05, 0.1) is 0 Å². The minimum Gasteiger partial charge on any atom is -0.507 e. The third-order valence-corrected chi connectivity index (χ3v) is 7.87. The van der Waals surface area contributed by atoms with Crippen molar-refractivity contribution in [2.75, 3.05) is 0 Å². The van der Waals surface area contributed by atoms with Crippen molar-refractivity contribution in [3.63, 3.8) is 0 Å². The lowest BCUT2D eigenvalue weighted by Gasteiger charge is -2.38. The van der Waals surface area contributed by atoms with Gasteiger partial charge in [0.25, 0.3) is 5.97 Å². The van der Waals surface area contributed by atoms with Crippen LogP contribution in [0.4, 0.5) is 0 Å². The molecule has 0 amide bonds. The fraction of sp³-hybridized carbons (Fsp3) is 0.774. The Hall–Kier alpha value is -1.71. The molecule has 4 heteroatoms. The van der Waals surface area contributed by atoms with E-state index in [-0.39, 0.29) is 5.60 Å². The molecule has 0 aromatic heterocycles. The highest BCUT2D eigenvalue weighted by Gasteiger charge is 2.34. The Morgan fingerprint density at radius 3 is 1.89 bits per heavy atom. The topological polar surface area (TPSA) is 66.8 Å². The number of aliphatic carboxylic acids is 1. The van der Waals surface area contributed by atoms with E-state index >= 15 is 0 Å². The van der Waals surface area contributed by atoms with Crippen LogP contribution in [0.2, 0.25) is 0 Å². The predicted molar refractivity (Wildman–Crippen MR) is 148 cm³/mol. The Morgan fingerprint density at radius 1 is 0.886 bits per heavy atom. The fourth-order valence-electron chi connectivity index (χ4n) is 5.27. The molecule has 202 valence electrons. The Labute approximate surface area is 215 Å². The maximum atomic E-state index is 10.4. The van der Waals surface area contributed by atoms with Gasteiger partial charge in [-0.2, -0.15) is 0 Å². The van der Waals surface area contributed by atoms with E-state index < -0.39 is 5.97 Å². The molecule has 1 aromatic carbocycles. The largest absolute Gasteiger partial charge is 0.507 e. The van der Waals surface area contributed by atoms with Crippen molar-refractivity contribution in [3.05, 3.63) is 22.3 Å². The average Bonchev–Trinajstić information content (AvgIpc) is 2.75. The number of carbonyl (C=O) groups is 1. The number of aromatic hydroxyl groups is 1. The molecule has 3 atom stereocenters. The minimum atomic E-state index is -0.833. The van der Waals surface area contributed by atoms with Crippen LogP contribution in [0.3, 0.4) is 0 Å². The SMILES string of the molecule is CC(=O)O.Cc1c(C)c2c(c(C)c1O)CCC(C)(CCCC(C)CCCC(C)CCCC(C)C)O2. The van der Waals surface area contributed by atoms with Crippen molar-refractivity contribution in [2.45, 2.75) is 139 Å². The third kappa shape index (κ3) is 10.8. The second-order valence-electron chi connectivity index (χ2n) is 12.0. The Kier molecular flexibility index (Phi) is 13.2. The molecule has 0 bridgehead atoms. The number of carboxylic acid groups (broad SMARTS) is 1. The molecule has 1 aliphatic heterocycles. The number of rotatable bonds is 12. The van der Waals surface area contributed by atoms with Crippen LogP contribution in [0, 0.1) is 38.5 Å². The van der Waals surface area contributed by atoms with Crippen molar-refractivity contribution < 1.29 is 19.7 Å². The first-order chi connectivity index (χ1) is 16.3. The van der Waals surface area contributed by atoms with Gasteiger partial charge >= 0.3 is 0 Å². The summed E-state index contributed by atoms with van der Waals surface area (Å²) in [5.41, 5.74) is 4.23. The van der Waals surface area contributed by atoms with E-state index in [1.54, 1.807) is 0 Å². The van der Waals surface area contributed by atoms with Gasteiger partial charge in [-0.25, -0.2) is 0 Å². The molecule has 4 nitrogen and oxygen atoms in total. The van der Waals surface area contributed by atoms with Gasteiger partial charge < -0.3 is 14.9 Å². The molecule has 35 heavy (non-hydrogen) atoms. The number of ether oxygens (including phenoxy) is 1.